The molecule has 0 aliphatic carbocycles. The Bertz CT molecular complexity index is 295. The van der Waals surface area contributed by atoms with E-state index in [0.29, 0.717) is 0 Å². The van der Waals surface area contributed by atoms with E-state index < -0.39 is 11.8 Å². The molecule has 7 nitrogen and oxygen atoms in total. The Morgan fingerprint density at radius 1 is 1.12 bits per heavy atom. The molecule has 0 saturated carbocycles. The Morgan fingerprint density at radius 2 is 1.82 bits per heavy atom. The van der Waals surface area contributed by atoms with Gasteiger partial charge in [0.25, 0.3) is 6.47 Å². The van der Waals surface area contributed by atoms with Crippen LogP contribution in [0.4, 0.5) is 0 Å². The Labute approximate surface area is 103 Å². The van der Waals surface area contributed by atoms with Gasteiger partial charge < -0.3 is 15.4 Å². The highest BCUT2D eigenvalue weighted by Gasteiger charge is 2.07. The maximum atomic E-state index is 11.2. The van der Waals surface area contributed by atoms with Crippen molar-refractivity contribution in [3.05, 3.63) is 0 Å². The first kappa shape index (κ1) is 15.4. The third-order valence-electron chi connectivity index (χ3n) is 1.66. The number of carbonyl (C=O) groups excluding carboxylic acids is 4. The van der Waals surface area contributed by atoms with E-state index in [0.717, 1.165) is 0 Å². The van der Waals surface area contributed by atoms with Gasteiger partial charge in [0.1, 0.15) is 5.88 Å². The van der Waals surface area contributed by atoms with Gasteiger partial charge in [-0.25, -0.2) is 0 Å². The van der Waals surface area contributed by atoms with Crippen LogP contribution in [0.15, 0.2) is 0 Å². The van der Waals surface area contributed by atoms with Crippen molar-refractivity contribution in [2.75, 3.05) is 19.2 Å². The molecule has 96 valence electrons. The molecule has 0 saturated heterocycles. The van der Waals surface area contributed by atoms with Crippen molar-refractivity contribution >= 4 is 35.7 Å². The van der Waals surface area contributed by atoms with Crippen LogP contribution in [-0.4, -0.2) is 43.2 Å². The topological polar surface area (TPSA) is 102 Å². The number of amides is 2. The highest BCUT2D eigenvalue weighted by atomic mass is 35.5. The largest absolute Gasteiger partial charge is 0.447 e. The predicted octanol–water partition coefficient (Wildman–Crippen LogP) is -1.06. The summed E-state index contributed by atoms with van der Waals surface area (Å²) in [6, 6.07) is 0. The number of ketones is 1. The first-order valence-electron chi connectivity index (χ1n) is 4.76. The fourth-order valence-corrected chi connectivity index (χ4v) is 0.925. The number of rotatable bonds is 9. The zero-order chi connectivity index (χ0) is 13.1. The highest BCUT2D eigenvalue weighted by molar-refractivity contribution is 6.27. The summed E-state index contributed by atoms with van der Waals surface area (Å²) in [6.07, 6.45) is -0.0344. The van der Waals surface area contributed by atoms with Gasteiger partial charge in [0.05, 0.1) is 6.54 Å². The lowest BCUT2D eigenvalue weighted by Gasteiger charge is -2.04. The molecule has 2 amide bonds. The van der Waals surface area contributed by atoms with Crippen LogP contribution in [0.3, 0.4) is 0 Å². The van der Waals surface area contributed by atoms with Gasteiger partial charge in [-0.1, -0.05) is 0 Å². The summed E-state index contributed by atoms with van der Waals surface area (Å²) in [4.78, 5) is 42.7. The molecular formula is C9H13ClN2O5. The molecule has 0 aliphatic rings. The number of nitrogens with one attached hydrogen (secondary N) is 2. The summed E-state index contributed by atoms with van der Waals surface area (Å²) in [7, 11) is 0. The van der Waals surface area contributed by atoms with Crippen molar-refractivity contribution in [2.24, 2.45) is 0 Å². The third-order valence-corrected chi connectivity index (χ3v) is 1.90. The summed E-state index contributed by atoms with van der Waals surface area (Å²) in [5, 5.41) is 4.55. The molecule has 8 heteroatoms. The Morgan fingerprint density at radius 3 is 2.41 bits per heavy atom. The molecule has 0 heterocycles. The standard InChI is InChI=1S/C9H13ClN2O5/c10-3-9(16)11-4-7(14)1-2-8(15)12-5-17-6-13/h6H,1-5H2,(H,11,16)(H,12,15). The van der Waals surface area contributed by atoms with Crippen LogP contribution < -0.4 is 10.6 Å². The molecular weight excluding hydrogens is 252 g/mol. The average molecular weight is 265 g/mol. The average Bonchev–Trinajstić information content (AvgIpc) is 2.33. The number of alkyl halides is 1. The number of carbonyl (C=O) groups is 4. The molecule has 0 aliphatic heterocycles. The van der Waals surface area contributed by atoms with Crippen LogP contribution >= 0.6 is 11.6 Å². The number of ether oxygens (including phenoxy) is 1. The van der Waals surface area contributed by atoms with E-state index in [4.69, 9.17) is 11.6 Å². The van der Waals surface area contributed by atoms with Gasteiger partial charge in [-0.05, 0) is 0 Å². The molecule has 17 heavy (non-hydrogen) atoms. The summed E-state index contributed by atoms with van der Waals surface area (Å²) < 4.78 is 4.24. The van der Waals surface area contributed by atoms with Gasteiger partial charge in [-0.2, -0.15) is 0 Å². The molecule has 0 spiro atoms. The van der Waals surface area contributed by atoms with Crippen LogP contribution in [0.2, 0.25) is 0 Å². The number of halogens is 1. The SMILES string of the molecule is O=COCNC(=O)CCC(=O)CNC(=O)CCl. The molecule has 0 atom stereocenters. The van der Waals surface area contributed by atoms with Gasteiger partial charge in [0.2, 0.25) is 11.8 Å². The van der Waals surface area contributed by atoms with E-state index in [-0.39, 0.29) is 44.3 Å². The quantitative estimate of drug-likeness (QED) is 0.239. The summed E-state index contributed by atoms with van der Waals surface area (Å²) in [5.41, 5.74) is 0. The summed E-state index contributed by atoms with van der Waals surface area (Å²) in [6.45, 7) is -0.170. The van der Waals surface area contributed by atoms with Crippen molar-refractivity contribution in [3.63, 3.8) is 0 Å². The molecule has 0 aromatic rings. The monoisotopic (exact) mass is 264 g/mol. The summed E-state index contributed by atoms with van der Waals surface area (Å²) >= 11 is 5.20. The van der Waals surface area contributed by atoms with Crippen LogP contribution in [0.1, 0.15) is 12.8 Å². The molecule has 2 N–H and O–H groups in total. The van der Waals surface area contributed by atoms with Crippen LogP contribution in [0.5, 0.6) is 0 Å². The smallest absolute Gasteiger partial charge is 0.294 e. The van der Waals surface area contributed by atoms with E-state index in [1.165, 1.54) is 0 Å². The Kier molecular flexibility index (Phi) is 8.67. The molecule has 0 unspecified atom stereocenters. The van der Waals surface area contributed by atoms with Crippen molar-refractivity contribution in [2.45, 2.75) is 12.8 Å². The minimum absolute atomic E-state index is 0.00448. The minimum atomic E-state index is -0.441. The summed E-state index contributed by atoms with van der Waals surface area (Å²) in [5.74, 6) is -1.35. The van der Waals surface area contributed by atoms with Crippen molar-refractivity contribution in [3.8, 4) is 0 Å². The van der Waals surface area contributed by atoms with E-state index in [2.05, 4.69) is 15.4 Å². The lowest BCUT2D eigenvalue weighted by molar-refractivity contribution is -0.132. The van der Waals surface area contributed by atoms with Gasteiger partial charge in [-0.15, -0.1) is 11.6 Å². The lowest BCUT2D eigenvalue weighted by Crippen LogP contribution is -2.31. The van der Waals surface area contributed by atoms with Gasteiger partial charge >= 0.3 is 0 Å². The fraction of sp³-hybridized carbons (Fsp3) is 0.556. The Balaban J connectivity index is 3.58. The van der Waals surface area contributed by atoms with Gasteiger partial charge in [-0.3, -0.25) is 19.2 Å². The molecule has 0 aromatic heterocycles. The molecule has 0 bridgehead atoms. The molecule has 0 radical (unpaired) electrons. The van der Waals surface area contributed by atoms with Crippen LogP contribution in [0.25, 0.3) is 0 Å². The Hall–Kier alpha value is -1.63. The molecule has 0 rings (SSSR count). The van der Waals surface area contributed by atoms with Crippen molar-refractivity contribution in [1.82, 2.24) is 10.6 Å². The van der Waals surface area contributed by atoms with E-state index >= 15 is 0 Å². The normalized spacial score (nSPS) is 9.24. The first-order chi connectivity index (χ1) is 8.10. The third kappa shape index (κ3) is 9.31. The fourth-order valence-electron chi connectivity index (χ4n) is 0.830. The van der Waals surface area contributed by atoms with Crippen LogP contribution in [-0.2, 0) is 23.9 Å². The zero-order valence-electron chi connectivity index (χ0n) is 9.03. The predicted molar refractivity (Wildman–Crippen MR) is 58.1 cm³/mol. The minimum Gasteiger partial charge on any atom is -0.447 e. The van der Waals surface area contributed by atoms with E-state index in [1.807, 2.05) is 0 Å². The highest BCUT2D eigenvalue weighted by Crippen LogP contribution is 1.90. The maximum absolute atomic E-state index is 11.2. The van der Waals surface area contributed by atoms with E-state index in [9.17, 15) is 19.2 Å². The molecule has 0 aromatic carbocycles. The second-order valence-corrected chi connectivity index (χ2v) is 3.22. The second kappa shape index (κ2) is 9.59. The van der Waals surface area contributed by atoms with E-state index in [1.54, 1.807) is 0 Å². The number of hydrogen-bond acceptors (Lipinski definition) is 5. The maximum Gasteiger partial charge on any atom is 0.294 e. The van der Waals surface area contributed by atoms with Crippen molar-refractivity contribution in [1.29, 1.82) is 0 Å². The first-order valence-corrected chi connectivity index (χ1v) is 5.30. The number of Topliss-reactive ketones (excluding diaryl/α,β-unsaturated/α-hetero) is 1. The second-order valence-electron chi connectivity index (χ2n) is 2.96. The molecule has 0 fully saturated rings. The van der Waals surface area contributed by atoms with Gasteiger partial charge in [0, 0.05) is 12.8 Å². The zero-order valence-corrected chi connectivity index (χ0v) is 9.79. The van der Waals surface area contributed by atoms with Crippen molar-refractivity contribution < 1.29 is 23.9 Å². The number of hydrogen-bond donors (Lipinski definition) is 2. The lowest BCUT2D eigenvalue weighted by atomic mass is 10.2. The van der Waals surface area contributed by atoms with Gasteiger partial charge in [0.15, 0.2) is 12.5 Å². The van der Waals surface area contributed by atoms with Crippen LogP contribution in [0, 0.1) is 0 Å².